The topological polar surface area (TPSA) is 73.0 Å². The smallest absolute Gasteiger partial charge is 0.334 e. The zero-order valence-electron chi connectivity index (χ0n) is 11.3. The number of imidazole rings is 1. The summed E-state index contributed by atoms with van der Waals surface area (Å²) in [7, 11) is 0. The highest BCUT2D eigenvalue weighted by molar-refractivity contribution is 5.90. The minimum Gasteiger partial charge on any atom is -0.423 e. The van der Waals surface area contributed by atoms with Gasteiger partial charge in [-0.2, -0.15) is 4.98 Å². The van der Waals surface area contributed by atoms with Crippen LogP contribution in [0.4, 0.5) is 10.8 Å². The van der Waals surface area contributed by atoms with Crippen molar-refractivity contribution >= 4 is 23.1 Å². The highest BCUT2D eigenvalue weighted by atomic mass is 16.4. The van der Waals surface area contributed by atoms with Crippen molar-refractivity contribution in [2.24, 2.45) is 0 Å². The van der Waals surface area contributed by atoms with E-state index in [4.69, 9.17) is 4.42 Å². The van der Waals surface area contributed by atoms with Crippen LogP contribution in [0.5, 0.6) is 0 Å². The Labute approximate surface area is 115 Å². The Morgan fingerprint density at radius 2 is 2.30 bits per heavy atom. The van der Waals surface area contributed by atoms with Crippen LogP contribution in [-0.4, -0.2) is 20.6 Å². The van der Waals surface area contributed by atoms with Crippen LogP contribution in [0.15, 0.2) is 35.3 Å². The van der Waals surface area contributed by atoms with Gasteiger partial charge in [-0.25, -0.2) is 9.78 Å². The van der Waals surface area contributed by atoms with Gasteiger partial charge in [0.1, 0.15) is 11.8 Å². The lowest BCUT2D eigenvalue weighted by Crippen LogP contribution is -2.17. The van der Waals surface area contributed by atoms with Crippen molar-refractivity contribution in [3.63, 3.8) is 0 Å². The molecule has 102 valence electrons. The SMILES string of the molecule is CCc1cc2oc(NC(=O)n3ccnc3)nc2cc1C. The van der Waals surface area contributed by atoms with Crippen LogP contribution >= 0.6 is 0 Å². The third kappa shape index (κ3) is 2.16. The molecular weight excluding hydrogens is 256 g/mol. The van der Waals surface area contributed by atoms with E-state index in [1.54, 1.807) is 6.20 Å². The number of aromatic nitrogens is 3. The van der Waals surface area contributed by atoms with Gasteiger partial charge < -0.3 is 4.42 Å². The van der Waals surface area contributed by atoms with E-state index in [2.05, 4.69) is 22.2 Å². The van der Waals surface area contributed by atoms with E-state index in [9.17, 15) is 4.79 Å². The lowest BCUT2D eigenvalue weighted by molar-refractivity contribution is 0.253. The molecule has 0 spiro atoms. The number of hydrogen-bond acceptors (Lipinski definition) is 4. The van der Waals surface area contributed by atoms with Crippen LogP contribution in [0.3, 0.4) is 0 Å². The van der Waals surface area contributed by atoms with Crippen molar-refractivity contribution in [1.82, 2.24) is 14.5 Å². The van der Waals surface area contributed by atoms with E-state index < -0.39 is 0 Å². The first kappa shape index (κ1) is 12.4. The first-order chi connectivity index (χ1) is 9.67. The molecular formula is C14H14N4O2. The van der Waals surface area contributed by atoms with E-state index in [1.165, 1.54) is 28.2 Å². The second-order valence-corrected chi connectivity index (χ2v) is 4.52. The number of aryl methyl sites for hydroxylation is 2. The number of benzene rings is 1. The molecule has 1 N–H and O–H groups in total. The zero-order chi connectivity index (χ0) is 14.1. The predicted octanol–water partition coefficient (Wildman–Crippen LogP) is 2.98. The van der Waals surface area contributed by atoms with Crippen molar-refractivity contribution in [2.75, 3.05) is 5.32 Å². The van der Waals surface area contributed by atoms with Gasteiger partial charge in [0.2, 0.25) is 0 Å². The van der Waals surface area contributed by atoms with Crippen LogP contribution in [0.1, 0.15) is 18.1 Å². The molecule has 2 heterocycles. The van der Waals surface area contributed by atoms with Crippen molar-refractivity contribution in [1.29, 1.82) is 0 Å². The molecule has 0 unspecified atom stereocenters. The summed E-state index contributed by atoms with van der Waals surface area (Å²) >= 11 is 0. The number of oxazole rings is 1. The number of anilines is 1. The van der Waals surface area contributed by atoms with Gasteiger partial charge in [-0.15, -0.1) is 0 Å². The molecule has 2 aromatic heterocycles. The Kier molecular flexibility index (Phi) is 2.98. The normalized spacial score (nSPS) is 10.9. The summed E-state index contributed by atoms with van der Waals surface area (Å²) in [6.45, 7) is 4.13. The number of carbonyl (C=O) groups excluding carboxylic acids is 1. The molecule has 1 aromatic carbocycles. The molecule has 0 atom stereocenters. The number of carbonyl (C=O) groups is 1. The molecule has 20 heavy (non-hydrogen) atoms. The highest BCUT2D eigenvalue weighted by Crippen LogP contribution is 2.23. The molecule has 0 aliphatic heterocycles. The van der Waals surface area contributed by atoms with Gasteiger partial charge in [0.25, 0.3) is 0 Å². The maximum Gasteiger partial charge on any atom is 0.334 e. The Bertz CT molecular complexity index is 759. The largest absolute Gasteiger partial charge is 0.423 e. The first-order valence-corrected chi connectivity index (χ1v) is 6.36. The van der Waals surface area contributed by atoms with E-state index in [1.807, 2.05) is 19.1 Å². The van der Waals surface area contributed by atoms with Crippen LogP contribution in [0.25, 0.3) is 11.1 Å². The summed E-state index contributed by atoms with van der Waals surface area (Å²) in [4.78, 5) is 19.9. The van der Waals surface area contributed by atoms with Gasteiger partial charge in [0.15, 0.2) is 5.58 Å². The summed E-state index contributed by atoms with van der Waals surface area (Å²) in [6, 6.07) is 3.75. The van der Waals surface area contributed by atoms with Gasteiger partial charge in [-0.3, -0.25) is 9.88 Å². The number of amides is 1. The maximum absolute atomic E-state index is 11.9. The monoisotopic (exact) mass is 270 g/mol. The second-order valence-electron chi connectivity index (χ2n) is 4.52. The lowest BCUT2D eigenvalue weighted by Gasteiger charge is -2.00. The van der Waals surface area contributed by atoms with Crippen LogP contribution < -0.4 is 5.32 Å². The highest BCUT2D eigenvalue weighted by Gasteiger charge is 2.11. The third-order valence-corrected chi connectivity index (χ3v) is 3.18. The number of fused-ring (bicyclic) bond motifs is 1. The molecule has 6 heteroatoms. The molecule has 0 radical (unpaired) electrons. The lowest BCUT2D eigenvalue weighted by atomic mass is 10.1. The van der Waals surface area contributed by atoms with Crippen molar-refractivity contribution in [3.8, 4) is 0 Å². The number of nitrogens with zero attached hydrogens (tertiary/aromatic N) is 3. The molecule has 0 fully saturated rings. The van der Waals surface area contributed by atoms with Crippen LogP contribution in [0.2, 0.25) is 0 Å². The fourth-order valence-electron chi connectivity index (χ4n) is 2.09. The van der Waals surface area contributed by atoms with Crippen LogP contribution in [-0.2, 0) is 6.42 Å². The van der Waals surface area contributed by atoms with E-state index in [0.29, 0.717) is 5.58 Å². The minimum atomic E-state index is -0.360. The number of rotatable bonds is 2. The van der Waals surface area contributed by atoms with E-state index >= 15 is 0 Å². The van der Waals surface area contributed by atoms with Gasteiger partial charge in [0.05, 0.1) is 0 Å². The molecule has 1 amide bonds. The molecule has 3 aromatic rings. The average molecular weight is 270 g/mol. The summed E-state index contributed by atoms with van der Waals surface area (Å²) < 4.78 is 6.87. The summed E-state index contributed by atoms with van der Waals surface area (Å²) in [5.74, 6) is 0. The molecule has 0 bridgehead atoms. The third-order valence-electron chi connectivity index (χ3n) is 3.18. The summed E-state index contributed by atoms with van der Waals surface area (Å²) in [5.41, 5.74) is 3.79. The van der Waals surface area contributed by atoms with Gasteiger partial charge in [0, 0.05) is 12.4 Å². The molecule has 6 nitrogen and oxygen atoms in total. The van der Waals surface area contributed by atoms with Crippen molar-refractivity contribution in [2.45, 2.75) is 20.3 Å². The summed E-state index contributed by atoms with van der Waals surface area (Å²) in [5, 5.41) is 2.60. The Morgan fingerprint density at radius 1 is 1.45 bits per heavy atom. The average Bonchev–Trinajstić information content (AvgIpc) is 3.05. The molecule has 0 aliphatic carbocycles. The fourth-order valence-corrected chi connectivity index (χ4v) is 2.09. The number of nitrogens with one attached hydrogen (secondary N) is 1. The second kappa shape index (κ2) is 4.80. The standard InChI is InChI=1S/C14H14N4O2/c1-3-10-7-12-11(6-9(10)2)16-13(20-12)17-14(19)18-5-4-15-8-18/h4-8H,3H2,1-2H3,(H,16,17,19). The molecule has 3 rings (SSSR count). The summed E-state index contributed by atoms with van der Waals surface area (Å²) in [6.07, 6.45) is 5.43. The molecule has 0 saturated carbocycles. The maximum atomic E-state index is 11.9. The van der Waals surface area contributed by atoms with Crippen molar-refractivity contribution in [3.05, 3.63) is 42.0 Å². The van der Waals surface area contributed by atoms with E-state index in [-0.39, 0.29) is 12.0 Å². The quantitative estimate of drug-likeness (QED) is 0.777. The minimum absolute atomic E-state index is 0.186. The fraction of sp³-hybridized carbons (Fsp3) is 0.214. The predicted molar refractivity (Wildman–Crippen MR) is 74.8 cm³/mol. The van der Waals surface area contributed by atoms with Crippen LogP contribution in [0, 0.1) is 6.92 Å². The first-order valence-electron chi connectivity index (χ1n) is 6.36. The van der Waals surface area contributed by atoms with Gasteiger partial charge >= 0.3 is 12.0 Å². The van der Waals surface area contributed by atoms with Crippen molar-refractivity contribution < 1.29 is 9.21 Å². The zero-order valence-corrected chi connectivity index (χ0v) is 11.3. The molecule has 0 aliphatic rings. The number of hydrogen-bond donors (Lipinski definition) is 1. The van der Waals surface area contributed by atoms with Gasteiger partial charge in [-0.05, 0) is 36.6 Å². The Hall–Kier alpha value is -2.63. The Balaban J connectivity index is 1.91. The van der Waals surface area contributed by atoms with Gasteiger partial charge in [-0.1, -0.05) is 6.92 Å². The Morgan fingerprint density at radius 3 is 3.00 bits per heavy atom. The molecule has 0 saturated heterocycles. The van der Waals surface area contributed by atoms with E-state index in [0.717, 1.165) is 11.9 Å².